The molecule has 0 aromatic carbocycles. The van der Waals surface area contributed by atoms with Gasteiger partial charge in [0.15, 0.2) is 0 Å². The van der Waals surface area contributed by atoms with E-state index < -0.39 is 17.9 Å². The molecule has 1 aromatic heterocycles. The molecular formula is C12H16N2O4. The van der Waals surface area contributed by atoms with Gasteiger partial charge in [-0.3, -0.25) is 4.79 Å². The van der Waals surface area contributed by atoms with Gasteiger partial charge in [0.25, 0.3) is 5.91 Å². The fourth-order valence-electron chi connectivity index (χ4n) is 2.22. The third-order valence-electron chi connectivity index (χ3n) is 3.25. The summed E-state index contributed by atoms with van der Waals surface area (Å²) in [6, 6.07) is 0.755. The Labute approximate surface area is 105 Å². The Kier molecular flexibility index (Phi) is 3.36. The van der Waals surface area contributed by atoms with Crippen molar-refractivity contribution in [3.63, 3.8) is 0 Å². The first kappa shape index (κ1) is 12.6. The molecule has 2 rings (SSSR count). The van der Waals surface area contributed by atoms with Gasteiger partial charge >= 0.3 is 5.97 Å². The molecular weight excluding hydrogens is 236 g/mol. The van der Waals surface area contributed by atoms with Gasteiger partial charge in [0, 0.05) is 12.6 Å². The van der Waals surface area contributed by atoms with Crippen LogP contribution in [0.4, 0.5) is 0 Å². The predicted octanol–water partition coefficient (Wildman–Crippen LogP) is 1.31. The van der Waals surface area contributed by atoms with Crippen molar-refractivity contribution in [1.82, 2.24) is 10.1 Å². The van der Waals surface area contributed by atoms with Gasteiger partial charge in [-0.25, -0.2) is 4.79 Å². The van der Waals surface area contributed by atoms with Crippen LogP contribution in [0.3, 0.4) is 0 Å². The van der Waals surface area contributed by atoms with Crippen molar-refractivity contribution >= 4 is 11.9 Å². The van der Waals surface area contributed by atoms with Gasteiger partial charge < -0.3 is 14.5 Å². The fraction of sp³-hybridized carbons (Fsp3) is 0.583. The Hall–Kier alpha value is -1.85. The van der Waals surface area contributed by atoms with Crippen LogP contribution in [-0.2, 0) is 4.79 Å². The monoisotopic (exact) mass is 252 g/mol. The zero-order valence-electron chi connectivity index (χ0n) is 10.4. The predicted molar refractivity (Wildman–Crippen MR) is 62.1 cm³/mol. The summed E-state index contributed by atoms with van der Waals surface area (Å²) in [6.07, 6.45) is 1.29. The van der Waals surface area contributed by atoms with Crippen LogP contribution in [0.25, 0.3) is 0 Å². The lowest BCUT2D eigenvalue weighted by molar-refractivity contribution is -0.144. The Bertz CT molecular complexity index is 468. The minimum Gasteiger partial charge on any atom is -0.480 e. The molecule has 6 heteroatoms. The second-order valence-corrected chi connectivity index (χ2v) is 4.81. The molecule has 1 aromatic rings. The average Bonchev–Trinajstić information content (AvgIpc) is 2.75. The van der Waals surface area contributed by atoms with E-state index in [9.17, 15) is 14.7 Å². The molecule has 2 heterocycles. The molecule has 1 aliphatic rings. The molecule has 0 saturated carbocycles. The smallest absolute Gasteiger partial charge is 0.326 e. The van der Waals surface area contributed by atoms with Gasteiger partial charge in [-0.05, 0) is 25.7 Å². The zero-order valence-corrected chi connectivity index (χ0v) is 10.4. The maximum atomic E-state index is 12.2. The number of carbonyl (C=O) groups excluding carboxylic acids is 1. The number of carboxylic acid groups (broad SMARTS) is 1. The van der Waals surface area contributed by atoms with Crippen molar-refractivity contribution < 1.29 is 19.2 Å². The second kappa shape index (κ2) is 4.80. The Morgan fingerprint density at radius 3 is 2.83 bits per heavy atom. The minimum absolute atomic E-state index is 0.105. The van der Waals surface area contributed by atoms with Crippen molar-refractivity contribution in [2.45, 2.75) is 32.7 Å². The maximum Gasteiger partial charge on any atom is 0.326 e. The lowest BCUT2D eigenvalue weighted by Crippen LogP contribution is -2.49. The molecule has 0 spiro atoms. The number of nitrogens with zero attached hydrogens (tertiary/aromatic N) is 2. The van der Waals surface area contributed by atoms with Crippen molar-refractivity contribution in [2.24, 2.45) is 5.92 Å². The number of aliphatic carboxylic acids is 1. The molecule has 18 heavy (non-hydrogen) atoms. The molecule has 0 aliphatic carbocycles. The van der Waals surface area contributed by atoms with Gasteiger partial charge in [0.2, 0.25) is 5.76 Å². The van der Waals surface area contributed by atoms with Crippen LogP contribution in [0.15, 0.2) is 10.6 Å². The van der Waals surface area contributed by atoms with E-state index >= 15 is 0 Å². The summed E-state index contributed by atoms with van der Waals surface area (Å²) in [5.41, 5.74) is 0.607. The van der Waals surface area contributed by atoms with Gasteiger partial charge in [-0.2, -0.15) is 0 Å². The summed E-state index contributed by atoms with van der Waals surface area (Å²) in [6.45, 7) is 4.15. The number of amides is 1. The summed E-state index contributed by atoms with van der Waals surface area (Å²) >= 11 is 0. The maximum absolute atomic E-state index is 12.2. The molecule has 1 N–H and O–H groups in total. The fourth-order valence-corrected chi connectivity index (χ4v) is 2.22. The van der Waals surface area contributed by atoms with Gasteiger partial charge in [-0.15, -0.1) is 0 Å². The zero-order chi connectivity index (χ0) is 13.3. The van der Waals surface area contributed by atoms with Crippen LogP contribution in [0.1, 0.15) is 36.0 Å². The Balaban J connectivity index is 2.20. The third-order valence-corrected chi connectivity index (χ3v) is 3.25. The lowest BCUT2D eigenvalue weighted by atomic mass is 9.92. The first-order chi connectivity index (χ1) is 8.49. The number of hydrogen-bond donors (Lipinski definition) is 1. The van der Waals surface area contributed by atoms with E-state index in [0.29, 0.717) is 24.6 Å². The summed E-state index contributed by atoms with van der Waals surface area (Å²) in [5, 5.41) is 12.8. The average molecular weight is 252 g/mol. The van der Waals surface area contributed by atoms with Crippen LogP contribution < -0.4 is 0 Å². The van der Waals surface area contributed by atoms with E-state index in [1.165, 1.54) is 11.0 Å². The van der Waals surface area contributed by atoms with E-state index in [-0.39, 0.29) is 5.76 Å². The van der Waals surface area contributed by atoms with Gasteiger partial charge in [-0.1, -0.05) is 12.1 Å². The van der Waals surface area contributed by atoms with E-state index in [1.807, 2.05) is 6.92 Å². The van der Waals surface area contributed by atoms with E-state index in [0.717, 1.165) is 6.42 Å². The number of aromatic nitrogens is 1. The van der Waals surface area contributed by atoms with Crippen LogP contribution in [0.5, 0.6) is 0 Å². The van der Waals surface area contributed by atoms with E-state index in [4.69, 9.17) is 4.52 Å². The van der Waals surface area contributed by atoms with Gasteiger partial charge in [0.05, 0.1) is 5.69 Å². The highest BCUT2D eigenvalue weighted by atomic mass is 16.5. The van der Waals surface area contributed by atoms with Crippen molar-refractivity contribution in [3.8, 4) is 0 Å². The molecule has 0 radical (unpaired) electrons. The van der Waals surface area contributed by atoms with Crippen LogP contribution >= 0.6 is 0 Å². The topological polar surface area (TPSA) is 83.6 Å². The first-order valence-corrected chi connectivity index (χ1v) is 5.96. The van der Waals surface area contributed by atoms with Crippen LogP contribution in [0, 0.1) is 12.8 Å². The lowest BCUT2D eigenvalue weighted by Gasteiger charge is -2.35. The SMILES string of the molecule is Cc1cc(C(=O)N2CCC(C)CC2C(=O)O)on1. The van der Waals surface area contributed by atoms with E-state index in [1.54, 1.807) is 6.92 Å². The normalized spacial score (nSPS) is 24.0. The molecule has 1 fully saturated rings. The van der Waals surface area contributed by atoms with Crippen LogP contribution in [-0.4, -0.2) is 39.6 Å². The quantitative estimate of drug-likeness (QED) is 0.857. The molecule has 6 nitrogen and oxygen atoms in total. The summed E-state index contributed by atoms with van der Waals surface area (Å²) < 4.78 is 4.90. The highest BCUT2D eigenvalue weighted by Gasteiger charge is 2.36. The molecule has 2 unspecified atom stereocenters. The largest absolute Gasteiger partial charge is 0.480 e. The minimum atomic E-state index is -0.967. The first-order valence-electron chi connectivity index (χ1n) is 5.96. The Morgan fingerprint density at radius 2 is 2.28 bits per heavy atom. The number of likely N-dealkylation sites (tertiary alicyclic amines) is 1. The highest BCUT2D eigenvalue weighted by Crippen LogP contribution is 2.24. The summed E-state index contributed by atoms with van der Waals surface area (Å²) in [4.78, 5) is 24.7. The third kappa shape index (κ3) is 2.37. The molecule has 1 aliphatic heterocycles. The van der Waals surface area contributed by atoms with Crippen LogP contribution in [0.2, 0.25) is 0 Å². The molecule has 98 valence electrons. The number of carbonyl (C=O) groups is 2. The van der Waals surface area contributed by atoms with E-state index in [2.05, 4.69) is 5.16 Å². The standard InChI is InChI=1S/C12H16N2O4/c1-7-3-4-14(9(5-7)12(16)17)11(15)10-6-8(2)13-18-10/h6-7,9H,3-5H2,1-2H3,(H,16,17). The molecule has 1 amide bonds. The number of piperidine rings is 1. The molecule has 0 bridgehead atoms. The second-order valence-electron chi connectivity index (χ2n) is 4.81. The van der Waals surface area contributed by atoms with Crippen molar-refractivity contribution in [1.29, 1.82) is 0 Å². The molecule has 2 atom stereocenters. The number of rotatable bonds is 2. The summed E-state index contributed by atoms with van der Waals surface area (Å²) in [7, 11) is 0. The van der Waals surface area contributed by atoms with Gasteiger partial charge in [0.1, 0.15) is 6.04 Å². The van der Waals surface area contributed by atoms with Crippen molar-refractivity contribution in [3.05, 3.63) is 17.5 Å². The number of aryl methyl sites for hydroxylation is 1. The number of carboxylic acids is 1. The Morgan fingerprint density at radius 1 is 1.56 bits per heavy atom. The van der Waals surface area contributed by atoms with Crippen molar-refractivity contribution in [2.75, 3.05) is 6.54 Å². The summed E-state index contributed by atoms with van der Waals surface area (Å²) in [5.74, 6) is -0.944. The highest BCUT2D eigenvalue weighted by molar-refractivity contribution is 5.94. The number of hydrogen-bond acceptors (Lipinski definition) is 4. The molecule has 1 saturated heterocycles.